The van der Waals surface area contributed by atoms with Crippen LogP contribution in [0.15, 0.2) is 0 Å². The van der Waals surface area contributed by atoms with Crippen molar-refractivity contribution >= 4 is 8.72 Å². The molecule has 0 fully saturated rings. The van der Waals surface area contributed by atoms with Gasteiger partial charge in [0.2, 0.25) is 0 Å². The SMILES string of the molecule is CCO[Si](CC(C)C)(OCC)N(C(C)C)C(C)C. The smallest absolute Gasteiger partial charge is 0.383 e. The molecular formula is C14H33NO2Si. The molecule has 0 N–H and O–H groups in total. The number of nitrogens with zero attached hydrogens (tertiary/aromatic N) is 1. The fourth-order valence-corrected chi connectivity index (χ4v) is 7.10. The molecule has 0 unspecified atom stereocenters. The van der Waals surface area contributed by atoms with E-state index >= 15 is 0 Å². The van der Waals surface area contributed by atoms with Gasteiger partial charge in [-0.3, -0.25) is 4.57 Å². The lowest BCUT2D eigenvalue weighted by molar-refractivity contribution is 0.0892. The molecule has 3 nitrogen and oxygen atoms in total. The summed E-state index contributed by atoms with van der Waals surface area (Å²) in [4.78, 5) is 0. The first-order valence-corrected chi connectivity index (χ1v) is 9.34. The van der Waals surface area contributed by atoms with Crippen molar-refractivity contribution in [2.24, 2.45) is 5.92 Å². The van der Waals surface area contributed by atoms with Gasteiger partial charge in [-0.15, -0.1) is 0 Å². The van der Waals surface area contributed by atoms with Gasteiger partial charge in [0.05, 0.1) is 0 Å². The Morgan fingerprint density at radius 3 is 1.44 bits per heavy atom. The highest BCUT2D eigenvalue weighted by molar-refractivity contribution is 6.64. The second kappa shape index (κ2) is 8.30. The molecule has 0 saturated carbocycles. The van der Waals surface area contributed by atoms with Crippen molar-refractivity contribution in [2.45, 2.75) is 73.5 Å². The number of rotatable bonds is 9. The van der Waals surface area contributed by atoms with Gasteiger partial charge >= 0.3 is 8.72 Å². The summed E-state index contributed by atoms with van der Waals surface area (Å²) in [5.41, 5.74) is 0. The third-order valence-corrected chi connectivity index (χ3v) is 7.54. The summed E-state index contributed by atoms with van der Waals surface area (Å²) in [7, 11) is -2.28. The quantitative estimate of drug-likeness (QED) is 0.598. The zero-order chi connectivity index (χ0) is 14.3. The van der Waals surface area contributed by atoms with Gasteiger partial charge in [-0.2, -0.15) is 0 Å². The first-order chi connectivity index (χ1) is 8.30. The minimum absolute atomic E-state index is 0.452. The standard InChI is InChI=1S/C14H33NO2Si/c1-9-16-18(17-10-2,11-12(3)4)15(13(5)6)14(7)8/h12-14H,9-11H2,1-8H3. The lowest BCUT2D eigenvalue weighted by Gasteiger charge is -2.45. The monoisotopic (exact) mass is 275 g/mol. The first kappa shape index (κ1) is 18.1. The third-order valence-electron chi connectivity index (χ3n) is 2.91. The van der Waals surface area contributed by atoms with E-state index in [4.69, 9.17) is 8.85 Å². The van der Waals surface area contributed by atoms with Crippen LogP contribution in [0.1, 0.15) is 55.4 Å². The van der Waals surface area contributed by atoms with Gasteiger partial charge in [0.1, 0.15) is 0 Å². The Morgan fingerprint density at radius 1 is 0.833 bits per heavy atom. The van der Waals surface area contributed by atoms with E-state index in [1.807, 2.05) is 0 Å². The molecule has 0 aromatic carbocycles. The molecule has 0 aromatic heterocycles. The summed E-state index contributed by atoms with van der Waals surface area (Å²) < 4.78 is 14.9. The van der Waals surface area contributed by atoms with Crippen LogP contribution in [-0.2, 0) is 8.85 Å². The highest BCUT2D eigenvalue weighted by atomic mass is 28.4. The maximum Gasteiger partial charge on any atom is 0.428 e. The summed E-state index contributed by atoms with van der Waals surface area (Å²) in [6, 6.07) is 1.94. The van der Waals surface area contributed by atoms with Gasteiger partial charge in [0, 0.05) is 31.3 Å². The predicted molar refractivity (Wildman–Crippen MR) is 80.8 cm³/mol. The van der Waals surface area contributed by atoms with Crippen molar-refractivity contribution in [1.82, 2.24) is 4.57 Å². The molecule has 0 spiro atoms. The maximum absolute atomic E-state index is 6.21. The second-order valence-corrected chi connectivity index (χ2v) is 8.70. The first-order valence-electron chi connectivity index (χ1n) is 7.37. The molecule has 0 aliphatic carbocycles. The predicted octanol–water partition coefficient (Wildman–Crippen LogP) is 3.77. The highest BCUT2D eigenvalue weighted by Crippen LogP contribution is 2.28. The summed E-state index contributed by atoms with van der Waals surface area (Å²) in [5, 5.41) is 0. The molecule has 0 saturated heterocycles. The summed E-state index contributed by atoms with van der Waals surface area (Å²) in [6.07, 6.45) is 0. The molecular weight excluding hydrogens is 242 g/mol. The van der Waals surface area contributed by atoms with Gasteiger partial charge in [-0.05, 0) is 19.8 Å². The Kier molecular flexibility index (Phi) is 8.35. The molecule has 0 atom stereocenters. The number of hydrogen-bond donors (Lipinski definition) is 0. The van der Waals surface area contributed by atoms with Crippen molar-refractivity contribution in [1.29, 1.82) is 0 Å². The largest absolute Gasteiger partial charge is 0.428 e. The molecule has 0 aromatic rings. The van der Waals surface area contributed by atoms with Crippen LogP contribution in [0.2, 0.25) is 6.04 Å². The Labute approximate surface area is 115 Å². The average Bonchev–Trinajstić information content (AvgIpc) is 2.15. The molecule has 0 rings (SSSR count). The topological polar surface area (TPSA) is 21.7 Å². The van der Waals surface area contributed by atoms with E-state index in [0.717, 1.165) is 19.3 Å². The van der Waals surface area contributed by atoms with Crippen LogP contribution in [0.4, 0.5) is 0 Å². The van der Waals surface area contributed by atoms with Gasteiger partial charge < -0.3 is 8.85 Å². The minimum Gasteiger partial charge on any atom is -0.383 e. The fraction of sp³-hybridized carbons (Fsp3) is 1.00. The normalized spacial score (nSPS) is 13.3. The molecule has 110 valence electrons. The number of hydrogen-bond acceptors (Lipinski definition) is 3. The van der Waals surface area contributed by atoms with Crippen molar-refractivity contribution in [3.63, 3.8) is 0 Å². The van der Waals surface area contributed by atoms with E-state index < -0.39 is 8.72 Å². The highest BCUT2D eigenvalue weighted by Gasteiger charge is 2.47. The minimum atomic E-state index is -2.28. The van der Waals surface area contributed by atoms with Crippen LogP contribution in [0.5, 0.6) is 0 Å². The van der Waals surface area contributed by atoms with Crippen LogP contribution in [-0.4, -0.2) is 38.6 Å². The van der Waals surface area contributed by atoms with Crippen LogP contribution in [0, 0.1) is 5.92 Å². The zero-order valence-corrected chi connectivity index (χ0v) is 14.6. The van der Waals surface area contributed by atoms with Crippen LogP contribution in [0.3, 0.4) is 0 Å². The molecule has 0 bridgehead atoms. The van der Waals surface area contributed by atoms with E-state index in [0.29, 0.717) is 18.0 Å². The fourth-order valence-electron chi connectivity index (χ4n) is 2.76. The van der Waals surface area contributed by atoms with E-state index in [1.165, 1.54) is 0 Å². The molecule has 0 heterocycles. The Morgan fingerprint density at radius 2 is 1.22 bits per heavy atom. The van der Waals surface area contributed by atoms with E-state index in [1.54, 1.807) is 0 Å². The molecule has 0 amide bonds. The van der Waals surface area contributed by atoms with Crippen LogP contribution < -0.4 is 0 Å². The van der Waals surface area contributed by atoms with E-state index in [9.17, 15) is 0 Å². The Balaban J connectivity index is 5.32. The van der Waals surface area contributed by atoms with Gasteiger partial charge in [-0.1, -0.05) is 41.5 Å². The van der Waals surface area contributed by atoms with Crippen LogP contribution >= 0.6 is 0 Å². The molecule has 0 radical (unpaired) electrons. The Bertz CT molecular complexity index is 206. The van der Waals surface area contributed by atoms with Crippen molar-refractivity contribution in [3.05, 3.63) is 0 Å². The van der Waals surface area contributed by atoms with Gasteiger partial charge in [0.15, 0.2) is 0 Å². The van der Waals surface area contributed by atoms with Crippen molar-refractivity contribution in [3.8, 4) is 0 Å². The molecule has 18 heavy (non-hydrogen) atoms. The maximum atomic E-state index is 6.21. The van der Waals surface area contributed by atoms with Crippen molar-refractivity contribution < 1.29 is 8.85 Å². The van der Waals surface area contributed by atoms with E-state index in [2.05, 4.69) is 60.0 Å². The summed E-state index contributed by atoms with van der Waals surface area (Å²) in [6.45, 7) is 19.0. The molecule has 4 heteroatoms. The second-order valence-electron chi connectivity index (χ2n) is 5.77. The van der Waals surface area contributed by atoms with Gasteiger partial charge in [0.25, 0.3) is 0 Å². The summed E-state index contributed by atoms with van der Waals surface area (Å²) >= 11 is 0. The molecule has 0 aliphatic rings. The van der Waals surface area contributed by atoms with Crippen molar-refractivity contribution in [2.75, 3.05) is 13.2 Å². The summed E-state index contributed by atoms with van der Waals surface area (Å²) in [5.74, 6) is 0.592. The van der Waals surface area contributed by atoms with Crippen LogP contribution in [0.25, 0.3) is 0 Å². The lowest BCUT2D eigenvalue weighted by atomic mass is 10.3. The van der Waals surface area contributed by atoms with E-state index in [-0.39, 0.29) is 0 Å². The Hall–Kier alpha value is 0.0969. The third kappa shape index (κ3) is 5.00. The average molecular weight is 276 g/mol. The lowest BCUT2D eigenvalue weighted by Crippen LogP contribution is -2.64. The molecule has 0 aliphatic heterocycles. The van der Waals surface area contributed by atoms with Gasteiger partial charge in [-0.25, -0.2) is 0 Å². The zero-order valence-electron chi connectivity index (χ0n) is 13.6.